The Balaban J connectivity index is 2.14. The fraction of sp³-hybridized carbons (Fsp3) is 0.267. The molecule has 1 aromatic carbocycles. The maximum atomic E-state index is 11.4. The van der Waals surface area contributed by atoms with Crippen LogP contribution in [0.5, 0.6) is 5.75 Å². The van der Waals surface area contributed by atoms with Gasteiger partial charge in [0.15, 0.2) is 11.5 Å². The number of hydrogen-bond donors (Lipinski definition) is 1. The van der Waals surface area contributed by atoms with Crippen LogP contribution in [0.2, 0.25) is 0 Å². The number of nitrogens with zero attached hydrogens (tertiary/aromatic N) is 3. The number of nitro groups is 1. The van der Waals surface area contributed by atoms with Crippen molar-refractivity contribution in [1.82, 2.24) is 4.98 Å². The van der Waals surface area contributed by atoms with Gasteiger partial charge in [0.25, 0.3) is 0 Å². The molecule has 0 aliphatic heterocycles. The maximum Gasteiger partial charge on any atom is 0.311 e. The third kappa shape index (κ3) is 4.13. The Morgan fingerprint density at radius 1 is 1.54 bits per heavy atom. The molecule has 1 heterocycles. The number of aromatic nitrogens is 1. The molecule has 8 nitrogen and oxygen atoms in total. The molecule has 0 radical (unpaired) electrons. The van der Waals surface area contributed by atoms with E-state index >= 15 is 0 Å². The number of carbonyl (C=O) groups is 1. The van der Waals surface area contributed by atoms with Crippen molar-refractivity contribution in [3.05, 3.63) is 44.4 Å². The first-order valence-electron chi connectivity index (χ1n) is 7.11. The minimum Gasteiger partial charge on any atom is -0.487 e. The molecule has 9 heteroatoms. The van der Waals surface area contributed by atoms with Crippen LogP contribution in [0.1, 0.15) is 34.8 Å². The molecule has 0 saturated carbocycles. The predicted molar refractivity (Wildman–Crippen MR) is 92.3 cm³/mol. The topological polar surface area (TPSA) is 107 Å². The molecule has 0 bridgehead atoms. The number of carbonyl (C=O) groups excluding carboxylic acids is 1. The monoisotopic (exact) mass is 348 g/mol. The van der Waals surface area contributed by atoms with Crippen molar-refractivity contribution in [2.75, 3.05) is 12.0 Å². The number of nitro benzene ring substituents is 1. The van der Waals surface area contributed by atoms with Gasteiger partial charge in [0.2, 0.25) is 5.13 Å². The maximum absolute atomic E-state index is 11.4. The van der Waals surface area contributed by atoms with Crippen LogP contribution in [-0.2, 0) is 0 Å². The van der Waals surface area contributed by atoms with Crippen molar-refractivity contribution in [1.29, 1.82) is 0 Å². The highest BCUT2D eigenvalue weighted by atomic mass is 32.1. The average Bonchev–Trinajstić information content (AvgIpc) is 2.90. The molecule has 0 amide bonds. The van der Waals surface area contributed by atoms with E-state index < -0.39 is 4.92 Å². The van der Waals surface area contributed by atoms with E-state index in [-0.39, 0.29) is 17.2 Å². The van der Waals surface area contributed by atoms with Crippen LogP contribution in [0.25, 0.3) is 0 Å². The first-order valence-corrected chi connectivity index (χ1v) is 7.92. The van der Waals surface area contributed by atoms with Gasteiger partial charge in [-0.05, 0) is 26.0 Å². The van der Waals surface area contributed by atoms with Crippen LogP contribution in [0.15, 0.2) is 23.3 Å². The van der Waals surface area contributed by atoms with E-state index in [9.17, 15) is 14.9 Å². The van der Waals surface area contributed by atoms with Gasteiger partial charge < -0.3 is 4.74 Å². The summed E-state index contributed by atoms with van der Waals surface area (Å²) in [7, 11) is 0. The van der Waals surface area contributed by atoms with Gasteiger partial charge in [0, 0.05) is 18.6 Å². The van der Waals surface area contributed by atoms with E-state index in [1.54, 1.807) is 19.9 Å². The largest absolute Gasteiger partial charge is 0.487 e. The number of hydrazone groups is 1. The summed E-state index contributed by atoms with van der Waals surface area (Å²) in [4.78, 5) is 26.7. The zero-order valence-corrected chi connectivity index (χ0v) is 14.2. The zero-order chi connectivity index (χ0) is 17.7. The quantitative estimate of drug-likeness (QED) is 0.356. The SMILES string of the molecule is CCOc1ccc(/C=N\Nc2nc(C)c(C(C)=O)s2)cc1[N+](=O)[O-]. The Morgan fingerprint density at radius 2 is 2.29 bits per heavy atom. The molecule has 0 aliphatic rings. The van der Waals surface area contributed by atoms with E-state index in [1.165, 1.54) is 36.6 Å². The predicted octanol–water partition coefficient (Wildman–Crippen LogP) is 3.41. The van der Waals surface area contributed by atoms with Crippen LogP contribution in [0.4, 0.5) is 10.8 Å². The van der Waals surface area contributed by atoms with E-state index in [4.69, 9.17) is 4.74 Å². The number of hydrogen-bond acceptors (Lipinski definition) is 8. The van der Waals surface area contributed by atoms with Gasteiger partial charge >= 0.3 is 5.69 Å². The summed E-state index contributed by atoms with van der Waals surface area (Å²) in [5.74, 6) is 0.165. The Morgan fingerprint density at radius 3 is 2.88 bits per heavy atom. The van der Waals surface area contributed by atoms with E-state index in [0.717, 1.165) is 0 Å². The number of anilines is 1. The van der Waals surface area contributed by atoms with Crippen LogP contribution >= 0.6 is 11.3 Å². The summed E-state index contributed by atoms with van der Waals surface area (Å²) in [6.45, 7) is 5.33. The second-order valence-electron chi connectivity index (χ2n) is 4.78. The fourth-order valence-corrected chi connectivity index (χ4v) is 2.78. The number of ether oxygens (including phenoxy) is 1. The molecule has 0 saturated heterocycles. The van der Waals surface area contributed by atoms with Gasteiger partial charge in [-0.25, -0.2) is 4.98 Å². The number of aryl methyl sites for hydroxylation is 1. The third-order valence-electron chi connectivity index (χ3n) is 2.97. The van der Waals surface area contributed by atoms with Gasteiger partial charge in [0.1, 0.15) is 0 Å². The number of rotatable bonds is 7. The summed E-state index contributed by atoms with van der Waals surface area (Å²) < 4.78 is 5.22. The molecule has 0 aliphatic carbocycles. The first-order chi connectivity index (χ1) is 11.4. The van der Waals surface area contributed by atoms with Crippen molar-refractivity contribution >= 4 is 34.2 Å². The number of thiazole rings is 1. The Bertz CT molecular complexity index is 801. The lowest BCUT2D eigenvalue weighted by Gasteiger charge is -2.04. The highest BCUT2D eigenvalue weighted by Crippen LogP contribution is 2.27. The van der Waals surface area contributed by atoms with Crippen LogP contribution in [0.3, 0.4) is 0 Å². The molecule has 1 N–H and O–H groups in total. The van der Waals surface area contributed by atoms with Gasteiger partial charge in [-0.3, -0.25) is 20.3 Å². The summed E-state index contributed by atoms with van der Waals surface area (Å²) in [6.07, 6.45) is 1.44. The summed E-state index contributed by atoms with van der Waals surface area (Å²) in [5, 5.41) is 15.6. The lowest BCUT2D eigenvalue weighted by molar-refractivity contribution is -0.385. The van der Waals surface area contributed by atoms with Gasteiger partial charge in [0.05, 0.1) is 28.3 Å². The molecule has 24 heavy (non-hydrogen) atoms. The van der Waals surface area contributed by atoms with E-state index in [2.05, 4.69) is 15.5 Å². The summed E-state index contributed by atoms with van der Waals surface area (Å²) >= 11 is 1.21. The average molecular weight is 348 g/mol. The minimum absolute atomic E-state index is 0.0517. The van der Waals surface area contributed by atoms with Crippen molar-refractivity contribution in [2.45, 2.75) is 20.8 Å². The minimum atomic E-state index is -0.501. The zero-order valence-electron chi connectivity index (χ0n) is 13.4. The van der Waals surface area contributed by atoms with Crippen LogP contribution in [-0.4, -0.2) is 28.5 Å². The molecule has 2 rings (SSSR count). The molecular weight excluding hydrogens is 332 g/mol. The fourth-order valence-electron chi connectivity index (χ4n) is 1.97. The molecule has 1 aromatic heterocycles. The Hall–Kier alpha value is -2.81. The number of nitrogens with one attached hydrogen (secondary N) is 1. The smallest absolute Gasteiger partial charge is 0.311 e. The Kier molecular flexibility index (Phi) is 5.59. The van der Waals surface area contributed by atoms with Crippen molar-refractivity contribution < 1.29 is 14.5 Å². The number of Topliss-reactive ketones (excluding diaryl/α,β-unsaturated/α-hetero) is 1. The van der Waals surface area contributed by atoms with Gasteiger partial charge in [-0.2, -0.15) is 5.10 Å². The molecular formula is C15H16N4O4S. The molecule has 2 aromatic rings. The van der Waals surface area contributed by atoms with E-state index in [1.807, 2.05) is 0 Å². The van der Waals surface area contributed by atoms with E-state index in [0.29, 0.717) is 27.9 Å². The number of ketones is 1. The van der Waals surface area contributed by atoms with Gasteiger partial charge in [-0.15, -0.1) is 0 Å². The third-order valence-corrected chi connectivity index (χ3v) is 4.13. The van der Waals surface area contributed by atoms with Crippen molar-refractivity contribution in [3.63, 3.8) is 0 Å². The standard InChI is InChI=1S/C15H16N4O4S/c1-4-23-13-6-5-11(7-12(13)19(21)22)8-16-18-15-17-9(2)14(24-15)10(3)20/h5-8H,4H2,1-3H3,(H,17,18)/b16-8-. The lowest BCUT2D eigenvalue weighted by Crippen LogP contribution is -1.99. The van der Waals surface area contributed by atoms with Gasteiger partial charge in [-0.1, -0.05) is 11.3 Å². The normalized spacial score (nSPS) is 10.8. The molecule has 0 spiro atoms. The highest BCUT2D eigenvalue weighted by Gasteiger charge is 2.15. The highest BCUT2D eigenvalue weighted by molar-refractivity contribution is 7.17. The molecule has 126 valence electrons. The molecule has 0 fully saturated rings. The first kappa shape index (κ1) is 17.5. The second kappa shape index (κ2) is 7.64. The van der Waals surface area contributed by atoms with Crippen molar-refractivity contribution in [2.24, 2.45) is 5.10 Å². The summed E-state index contributed by atoms with van der Waals surface area (Å²) in [6, 6.07) is 4.58. The summed E-state index contributed by atoms with van der Waals surface area (Å²) in [5.41, 5.74) is 3.78. The lowest BCUT2D eigenvalue weighted by atomic mass is 10.2. The molecule has 0 unspecified atom stereocenters. The van der Waals surface area contributed by atoms with Crippen LogP contribution in [0, 0.1) is 17.0 Å². The van der Waals surface area contributed by atoms with Crippen LogP contribution < -0.4 is 10.2 Å². The van der Waals surface area contributed by atoms with Crippen molar-refractivity contribution in [3.8, 4) is 5.75 Å². The Labute approximate surface area is 142 Å². The molecule has 0 atom stereocenters. The second-order valence-corrected chi connectivity index (χ2v) is 5.78. The number of benzene rings is 1.